The van der Waals surface area contributed by atoms with Gasteiger partial charge in [0.2, 0.25) is 11.8 Å². The maximum atomic E-state index is 12.5. The van der Waals surface area contributed by atoms with Crippen molar-refractivity contribution < 1.29 is 19.1 Å². The van der Waals surface area contributed by atoms with Crippen LogP contribution in [0.2, 0.25) is 0 Å². The van der Waals surface area contributed by atoms with Crippen molar-refractivity contribution in [2.24, 2.45) is 0 Å². The number of hydrogen-bond acceptors (Lipinski definition) is 6. The van der Waals surface area contributed by atoms with Crippen LogP contribution in [0.25, 0.3) is 0 Å². The summed E-state index contributed by atoms with van der Waals surface area (Å²) in [6.45, 7) is 6.33. The smallest absolute Gasteiger partial charge is 0.253 e. The number of benzene rings is 1. The molecule has 164 valence electrons. The average molecular weight is 418 g/mol. The molecule has 0 bridgehead atoms. The molecule has 2 fully saturated rings. The zero-order valence-electron chi connectivity index (χ0n) is 17.8. The summed E-state index contributed by atoms with van der Waals surface area (Å²) in [7, 11) is 3.40. The van der Waals surface area contributed by atoms with Crippen LogP contribution in [0.3, 0.4) is 0 Å². The van der Waals surface area contributed by atoms with Gasteiger partial charge in [0.25, 0.3) is 5.91 Å². The molecule has 2 heterocycles. The third-order valence-corrected chi connectivity index (χ3v) is 5.38. The second-order valence-corrected chi connectivity index (χ2v) is 7.87. The zero-order chi connectivity index (χ0) is 21.5. The summed E-state index contributed by atoms with van der Waals surface area (Å²) in [5, 5.41) is 2.87. The van der Waals surface area contributed by atoms with E-state index in [4.69, 9.17) is 4.74 Å². The molecule has 0 aromatic heterocycles. The molecule has 30 heavy (non-hydrogen) atoms. The van der Waals surface area contributed by atoms with Gasteiger partial charge < -0.3 is 19.9 Å². The van der Waals surface area contributed by atoms with Crippen molar-refractivity contribution in [1.82, 2.24) is 19.6 Å². The standard InChI is InChI=1S/C21H31N5O4/c1-23(2)21(29)17-3-5-18(6-4-17)22-19(27)15-24-7-9-26(10-8-24)20(28)16-25-11-13-30-14-12-25/h3-6H,7-16H2,1-2H3,(H,22,27). The topological polar surface area (TPSA) is 85.4 Å². The molecule has 2 saturated heterocycles. The van der Waals surface area contributed by atoms with Gasteiger partial charge in [0, 0.05) is 64.6 Å². The lowest BCUT2D eigenvalue weighted by atomic mass is 10.2. The molecule has 9 heteroatoms. The van der Waals surface area contributed by atoms with E-state index in [0.717, 1.165) is 13.1 Å². The summed E-state index contributed by atoms with van der Waals surface area (Å²) in [5.41, 5.74) is 1.24. The molecular formula is C21H31N5O4. The van der Waals surface area contributed by atoms with E-state index in [9.17, 15) is 14.4 Å². The van der Waals surface area contributed by atoms with Crippen molar-refractivity contribution in [1.29, 1.82) is 0 Å². The summed E-state index contributed by atoms with van der Waals surface area (Å²) in [6.07, 6.45) is 0. The summed E-state index contributed by atoms with van der Waals surface area (Å²) < 4.78 is 5.32. The summed E-state index contributed by atoms with van der Waals surface area (Å²) in [6, 6.07) is 6.88. The normalized spacial score (nSPS) is 18.1. The third-order valence-electron chi connectivity index (χ3n) is 5.38. The molecule has 3 amide bonds. The van der Waals surface area contributed by atoms with Gasteiger partial charge in [-0.05, 0) is 24.3 Å². The lowest BCUT2D eigenvalue weighted by molar-refractivity contribution is -0.135. The first-order valence-electron chi connectivity index (χ1n) is 10.3. The zero-order valence-corrected chi connectivity index (χ0v) is 17.8. The molecule has 1 aromatic carbocycles. The minimum atomic E-state index is -0.102. The monoisotopic (exact) mass is 417 g/mol. The van der Waals surface area contributed by atoms with Gasteiger partial charge in [-0.2, -0.15) is 0 Å². The molecule has 0 aliphatic carbocycles. The number of carbonyl (C=O) groups excluding carboxylic acids is 3. The Hall–Kier alpha value is -2.49. The van der Waals surface area contributed by atoms with E-state index in [0.29, 0.717) is 57.2 Å². The number of amides is 3. The molecule has 2 aliphatic rings. The highest BCUT2D eigenvalue weighted by molar-refractivity contribution is 5.96. The first kappa shape index (κ1) is 22.2. The molecule has 0 saturated carbocycles. The lowest BCUT2D eigenvalue weighted by Crippen LogP contribution is -2.53. The molecule has 1 N–H and O–H groups in total. The molecule has 0 unspecified atom stereocenters. The molecule has 0 atom stereocenters. The fourth-order valence-corrected chi connectivity index (χ4v) is 3.56. The number of rotatable bonds is 6. The number of piperazine rings is 1. The van der Waals surface area contributed by atoms with Crippen LogP contribution in [-0.2, 0) is 14.3 Å². The highest BCUT2D eigenvalue weighted by Gasteiger charge is 2.24. The highest BCUT2D eigenvalue weighted by atomic mass is 16.5. The van der Waals surface area contributed by atoms with E-state index in [-0.39, 0.29) is 24.3 Å². The number of hydrogen-bond donors (Lipinski definition) is 1. The predicted octanol–water partition coefficient (Wildman–Crippen LogP) is -0.197. The fourth-order valence-electron chi connectivity index (χ4n) is 3.56. The third kappa shape index (κ3) is 6.25. The van der Waals surface area contributed by atoms with Gasteiger partial charge >= 0.3 is 0 Å². The summed E-state index contributed by atoms with van der Waals surface area (Å²) in [5.74, 6) is -0.0305. The van der Waals surface area contributed by atoms with Crippen molar-refractivity contribution in [3.63, 3.8) is 0 Å². The van der Waals surface area contributed by atoms with E-state index in [1.54, 1.807) is 38.4 Å². The molecular weight excluding hydrogens is 386 g/mol. The largest absolute Gasteiger partial charge is 0.379 e. The van der Waals surface area contributed by atoms with Gasteiger partial charge in [-0.3, -0.25) is 24.2 Å². The minimum Gasteiger partial charge on any atom is -0.379 e. The lowest BCUT2D eigenvalue weighted by Gasteiger charge is -2.36. The number of anilines is 1. The van der Waals surface area contributed by atoms with Crippen LogP contribution in [0.1, 0.15) is 10.4 Å². The number of ether oxygens (including phenoxy) is 1. The Morgan fingerprint density at radius 1 is 0.900 bits per heavy atom. The predicted molar refractivity (Wildman–Crippen MR) is 113 cm³/mol. The number of carbonyl (C=O) groups is 3. The van der Waals surface area contributed by atoms with Crippen LogP contribution in [0.5, 0.6) is 0 Å². The van der Waals surface area contributed by atoms with Gasteiger partial charge in [-0.25, -0.2) is 0 Å². The quantitative estimate of drug-likeness (QED) is 0.690. The number of nitrogens with zero attached hydrogens (tertiary/aromatic N) is 4. The average Bonchev–Trinajstić information content (AvgIpc) is 2.75. The van der Waals surface area contributed by atoms with E-state index >= 15 is 0 Å². The molecule has 3 rings (SSSR count). The fraction of sp³-hybridized carbons (Fsp3) is 0.571. The maximum Gasteiger partial charge on any atom is 0.253 e. The Labute approximate surface area is 177 Å². The maximum absolute atomic E-state index is 12.5. The van der Waals surface area contributed by atoms with Gasteiger partial charge in [0.05, 0.1) is 26.3 Å². The van der Waals surface area contributed by atoms with Crippen molar-refractivity contribution >= 4 is 23.4 Å². The SMILES string of the molecule is CN(C)C(=O)c1ccc(NC(=O)CN2CCN(C(=O)CN3CCOCC3)CC2)cc1. The van der Waals surface area contributed by atoms with E-state index in [1.165, 1.54) is 4.90 Å². The highest BCUT2D eigenvalue weighted by Crippen LogP contribution is 2.11. The molecule has 2 aliphatic heterocycles. The number of morpholine rings is 1. The van der Waals surface area contributed by atoms with Crippen molar-refractivity contribution in [3.8, 4) is 0 Å². The number of nitrogens with one attached hydrogen (secondary N) is 1. The Bertz CT molecular complexity index is 738. The van der Waals surface area contributed by atoms with Crippen molar-refractivity contribution in [2.75, 3.05) is 85.0 Å². The van der Waals surface area contributed by atoms with E-state index in [2.05, 4.69) is 15.1 Å². The Balaban J connectivity index is 1.39. The van der Waals surface area contributed by atoms with Gasteiger partial charge in [-0.1, -0.05) is 0 Å². The van der Waals surface area contributed by atoms with Gasteiger partial charge in [0.15, 0.2) is 0 Å². The molecule has 0 spiro atoms. The molecule has 0 radical (unpaired) electrons. The van der Waals surface area contributed by atoms with E-state index < -0.39 is 0 Å². The van der Waals surface area contributed by atoms with Crippen LogP contribution in [0, 0.1) is 0 Å². The second-order valence-electron chi connectivity index (χ2n) is 7.87. The van der Waals surface area contributed by atoms with Crippen LogP contribution < -0.4 is 5.32 Å². The molecule has 1 aromatic rings. The summed E-state index contributed by atoms with van der Waals surface area (Å²) in [4.78, 5) is 44.3. The van der Waals surface area contributed by atoms with Crippen LogP contribution >= 0.6 is 0 Å². The molecule has 9 nitrogen and oxygen atoms in total. The van der Waals surface area contributed by atoms with E-state index in [1.807, 2.05) is 4.90 Å². The van der Waals surface area contributed by atoms with Crippen LogP contribution in [0.4, 0.5) is 5.69 Å². The van der Waals surface area contributed by atoms with Crippen LogP contribution in [-0.4, -0.2) is 117 Å². The summed E-state index contributed by atoms with van der Waals surface area (Å²) >= 11 is 0. The van der Waals surface area contributed by atoms with Crippen molar-refractivity contribution in [3.05, 3.63) is 29.8 Å². The minimum absolute atomic E-state index is 0.0751. The first-order chi connectivity index (χ1) is 14.4. The van der Waals surface area contributed by atoms with Crippen molar-refractivity contribution in [2.45, 2.75) is 0 Å². The Morgan fingerprint density at radius 2 is 1.50 bits per heavy atom. The van der Waals surface area contributed by atoms with Gasteiger partial charge in [0.1, 0.15) is 0 Å². The second kappa shape index (κ2) is 10.5. The first-order valence-corrected chi connectivity index (χ1v) is 10.3. The Kier molecular flexibility index (Phi) is 7.78. The Morgan fingerprint density at radius 3 is 2.10 bits per heavy atom. The van der Waals surface area contributed by atoms with Gasteiger partial charge in [-0.15, -0.1) is 0 Å². The van der Waals surface area contributed by atoms with Crippen LogP contribution in [0.15, 0.2) is 24.3 Å².